The van der Waals surface area contributed by atoms with Gasteiger partial charge in [-0.25, -0.2) is 0 Å². The molecule has 2 atom stereocenters. The summed E-state index contributed by atoms with van der Waals surface area (Å²) in [6.07, 6.45) is 15.2. The Morgan fingerprint density at radius 2 is 1.30 bits per heavy atom. The molecule has 0 bridgehead atoms. The molecule has 2 fully saturated rings. The van der Waals surface area contributed by atoms with Crippen LogP contribution in [0.5, 0.6) is 0 Å². The van der Waals surface area contributed by atoms with Gasteiger partial charge < -0.3 is 9.47 Å². The highest BCUT2D eigenvalue weighted by Crippen LogP contribution is 2.38. The van der Waals surface area contributed by atoms with Gasteiger partial charge in [0.1, 0.15) is 6.10 Å². The molecule has 2 nitrogen and oxygen atoms in total. The van der Waals surface area contributed by atoms with E-state index in [1.54, 1.807) is 0 Å². The van der Waals surface area contributed by atoms with E-state index in [0.29, 0.717) is 13.2 Å². The summed E-state index contributed by atoms with van der Waals surface area (Å²) in [5.74, 6) is 1.74. The van der Waals surface area contributed by atoms with Crippen molar-refractivity contribution in [1.82, 2.24) is 0 Å². The standard InChI is InChI=1S/C31H44O2/c1-3-5-6-7-9-24-10-12-25(13-11-24)26-14-16-27(17-15-26)28-18-20-29(21-19-28)31-23-32-30(8-4-2)22-33-31/h14-21,24-25,30-31H,3-13,22-23H2,1-2H3. The van der Waals surface area contributed by atoms with Crippen LogP contribution in [0.3, 0.4) is 0 Å². The van der Waals surface area contributed by atoms with Gasteiger partial charge in [-0.2, -0.15) is 0 Å². The summed E-state index contributed by atoms with van der Waals surface area (Å²) in [4.78, 5) is 0. The topological polar surface area (TPSA) is 18.5 Å². The van der Waals surface area contributed by atoms with Gasteiger partial charge in [-0.1, -0.05) is 101 Å². The lowest BCUT2D eigenvalue weighted by Crippen LogP contribution is -2.30. The highest BCUT2D eigenvalue weighted by atomic mass is 16.6. The van der Waals surface area contributed by atoms with Crippen molar-refractivity contribution in [2.45, 2.75) is 103 Å². The van der Waals surface area contributed by atoms with Crippen LogP contribution in [0.1, 0.15) is 108 Å². The second-order valence-electron chi connectivity index (χ2n) is 10.4. The van der Waals surface area contributed by atoms with Crippen molar-refractivity contribution in [3.8, 4) is 11.1 Å². The van der Waals surface area contributed by atoms with Crippen LogP contribution in [0.25, 0.3) is 11.1 Å². The molecular formula is C31H44O2. The minimum absolute atomic E-state index is 0.0660. The molecule has 0 radical (unpaired) electrons. The SMILES string of the molecule is CCCCCCC1CCC(c2ccc(-c3ccc(C4COC(CCC)CO4)cc3)cc2)CC1. The van der Waals surface area contributed by atoms with Gasteiger partial charge in [0, 0.05) is 0 Å². The first-order valence-corrected chi connectivity index (χ1v) is 13.7. The molecule has 0 spiro atoms. The summed E-state index contributed by atoms with van der Waals surface area (Å²) < 4.78 is 12.1. The molecule has 2 unspecified atom stereocenters. The van der Waals surface area contributed by atoms with Crippen LogP contribution >= 0.6 is 0 Å². The lowest BCUT2D eigenvalue weighted by molar-refractivity contribution is -0.137. The summed E-state index contributed by atoms with van der Waals surface area (Å²) >= 11 is 0. The molecule has 33 heavy (non-hydrogen) atoms. The second kappa shape index (κ2) is 12.7. The lowest BCUT2D eigenvalue weighted by atomic mass is 9.77. The van der Waals surface area contributed by atoms with Crippen molar-refractivity contribution in [3.63, 3.8) is 0 Å². The van der Waals surface area contributed by atoms with Crippen molar-refractivity contribution in [2.75, 3.05) is 13.2 Å². The minimum Gasteiger partial charge on any atom is -0.373 e. The first-order valence-electron chi connectivity index (χ1n) is 13.7. The quantitative estimate of drug-likeness (QED) is 0.338. The number of hydrogen-bond donors (Lipinski definition) is 0. The van der Waals surface area contributed by atoms with Gasteiger partial charge in [0.2, 0.25) is 0 Å². The summed E-state index contributed by atoms with van der Waals surface area (Å²) in [5.41, 5.74) is 5.34. The van der Waals surface area contributed by atoms with Crippen LogP contribution in [0, 0.1) is 5.92 Å². The predicted molar refractivity (Wildman–Crippen MR) is 139 cm³/mol. The lowest BCUT2D eigenvalue weighted by Gasteiger charge is -2.29. The maximum absolute atomic E-state index is 6.07. The fraction of sp³-hybridized carbons (Fsp3) is 0.613. The van der Waals surface area contributed by atoms with Crippen LogP contribution in [-0.2, 0) is 9.47 Å². The molecule has 1 heterocycles. The van der Waals surface area contributed by atoms with Gasteiger partial charge in [0.15, 0.2) is 0 Å². The number of hydrogen-bond acceptors (Lipinski definition) is 2. The Hall–Kier alpha value is -1.64. The van der Waals surface area contributed by atoms with E-state index in [-0.39, 0.29) is 12.2 Å². The molecule has 2 heteroatoms. The summed E-state index contributed by atoms with van der Waals surface area (Å²) in [6.45, 7) is 5.87. The number of unbranched alkanes of at least 4 members (excludes halogenated alkanes) is 3. The zero-order valence-corrected chi connectivity index (χ0v) is 20.9. The van der Waals surface area contributed by atoms with Crippen LogP contribution in [0.2, 0.25) is 0 Å². The molecule has 1 saturated carbocycles. The first-order chi connectivity index (χ1) is 16.3. The second-order valence-corrected chi connectivity index (χ2v) is 10.4. The smallest absolute Gasteiger partial charge is 0.106 e. The third-order valence-corrected chi connectivity index (χ3v) is 7.89. The van der Waals surface area contributed by atoms with Crippen LogP contribution in [0.15, 0.2) is 48.5 Å². The molecule has 2 aliphatic rings. The molecular weight excluding hydrogens is 404 g/mol. The monoisotopic (exact) mass is 448 g/mol. The molecule has 180 valence electrons. The van der Waals surface area contributed by atoms with Crippen molar-refractivity contribution in [2.24, 2.45) is 5.92 Å². The van der Waals surface area contributed by atoms with Crippen molar-refractivity contribution >= 4 is 0 Å². The Morgan fingerprint density at radius 1 is 0.636 bits per heavy atom. The average molecular weight is 449 g/mol. The van der Waals surface area contributed by atoms with Crippen LogP contribution in [0.4, 0.5) is 0 Å². The maximum atomic E-state index is 6.07. The first kappa shape index (κ1) is 24.5. The number of benzene rings is 2. The number of rotatable bonds is 10. The molecule has 1 aliphatic carbocycles. The van der Waals surface area contributed by atoms with Gasteiger partial charge in [-0.15, -0.1) is 0 Å². The molecule has 2 aromatic rings. The zero-order valence-electron chi connectivity index (χ0n) is 20.9. The van der Waals surface area contributed by atoms with Gasteiger partial charge >= 0.3 is 0 Å². The molecule has 0 N–H and O–H groups in total. The Morgan fingerprint density at radius 3 is 1.88 bits per heavy atom. The third-order valence-electron chi connectivity index (χ3n) is 7.89. The van der Waals surface area contributed by atoms with Gasteiger partial charge in [0.25, 0.3) is 0 Å². The summed E-state index contributed by atoms with van der Waals surface area (Å²) in [5, 5.41) is 0. The van der Waals surface area contributed by atoms with E-state index in [1.165, 1.54) is 80.0 Å². The van der Waals surface area contributed by atoms with Crippen molar-refractivity contribution in [3.05, 3.63) is 59.7 Å². The van der Waals surface area contributed by atoms with E-state index in [2.05, 4.69) is 62.4 Å². The Kier molecular flexibility index (Phi) is 9.44. The molecule has 1 aliphatic heterocycles. The fourth-order valence-electron chi connectivity index (χ4n) is 5.71. The highest BCUT2D eigenvalue weighted by molar-refractivity contribution is 5.64. The summed E-state index contributed by atoms with van der Waals surface area (Å²) in [6, 6.07) is 18.3. The average Bonchev–Trinajstić information content (AvgIpc) is 2.88. The maximum Gasteiger partial charge on any atom is 0.106 e. The van der Waals surface area contributed by atoms with E-state index in [4.69, 9.17) is 9.47 Å². The van der Waals surface area contributed by atoms with E-state index >= 15 is 0 Å². The molecule has 0 amide bonds. The van der Waals surface area contributed by atoms with Gasteiger partial charge in [-0.3, -0.25) is 0 Å². The van der Waals surface area contributed by atoms with Crippen molar-refractivity contribution in [1.29, 1.82) is 0 Å². The largest absolute Gasteiger partial charge is 0.373 e. The number of ether oxygens (including phenoxy) is 2. The van der Waals surface area contributed by atoms with Crippen LogP contribution in [-0.4, -0.2) is 19.3 Å². The molecule has 2 aromatic carbocycles. The zero-order chi connectivity index (χ0) is 22.9. The van der Waals surface area contributed by atoms with E-state index < -0.39 is 0 Å². The predicted octanol–water partition coefficient (Wildman–Crippen LogP) is 8.85. The van der Waals surface area contributed by atoms with E-state index in [0.717, 1.165) is 24.7 Å². The Bertz CT molecular complexity index is 794. The minimum atomic E-state index is 0.0660. The molecule has 0 aromatic heterocycles. The highest BCUT2D eigenvalue weighted by Gasteiger charge is 2.23. The van der Waals surface area contributed by atoms with Crippen molar-refractivity contribution < 1.29 is 9.47 Å². The van der Waals surface area contributed by atoms with Gasteiger partial charge in [-0.05, 0) is 66.2 Å². The Labute approximate surface area is 202 Å². The fourth-order valence-corrected chi connectivity index (χ4v) is 5.71. The van der Waals surface area contributed by atoms with E-state index in [9.17, 15) is 0 Å². The van der Waals surface area contributed by atoms with Crippen LogP contribution < -0.4 is 0 Å². The molecule has 1 saturated heterocycles. The van der Waals surface area contributed by atoms with E-state index in [1.807, 2.05) is 0 Å². The van der Waals surface area contributed by atoms with Gasteiger partial charge in [0.05, 0.1) is 19.3 Å². The Balaban J connectivity index is 1.26. The molecule has 4 rings (SSSR count). The normalized spacial score (nSPS) is 25.8. The summed E-state index contributed by atoms with van der Waals surface area (Å²) in [7, 11) is 0. The third kappa shape index (κ3) is 6.93.